The van der Waals surface area contributed by atoms with E-state index in [2.05, 4.69) is 4.98 Å². The molecule has 2 saturated heterocycles. The molecule has 3 atom stereocenters. The molecule has 0 unspecified atom stereocenters. The Morgan fingerprint density at radius 2 is 1.62 bits per heavy atom. The van der Waals surface area contributed by atoms with Crippen LogP contribution in [-0.2, 0) is 14.4 Å². The van der Waals surface area contributed by atoms with Crippen molar-refractivity contribution in [3.05, 3.63) is 90.5 Å². The second-order valence-corrected chi connectivity index (χ2v) is 6.93. The van der Waals surface area contributed by atoms with E-state index in [4.69, 9.17) is 4.84 Å². The van der Waals surface area contributed by atoms with E-state index in [1.807, 2.05) is 36.4 Å². The van der Waals surface area contributed by atoms with Gasteiger partial charge in [-0.25, -0.2) is 14.4 Å². The van der Waals surface area contributed by atoms with E-state index in [1.54, 1.807) is 23.5 Å². The molecule has 5 rings (SSSR count). The van der Waals surface area contributed by atoms with Gasteiger partial charge in [-0.3, -0.25) is 19.4 Å². The van der Waals surface area contributed by atoms with Gasteiger partial charge in [-0.1, -0.05) is 24.3 Å². The van der Waals surface area contributed by atoms with E-state index in [1.165, 1.54) is 24.3 Å². The van der Waals surface area contributed by atoms with E-state index >= 15 is 0 Å². The number of hydrogen-bond acceptors (Lipinski definition) is 5. The number of pyridine rings is 1. The number of halogens is 1. The molecular weight excluding hydrogens is 373 g/mol. The van der Waals surface area contributed by atoms with Gasteiger partial charge in [-0.2, -0.15) is 0 Å². The standard InChI is InChI=1S/C22H16FN3O3/c23-15-8-10-16(11-9-15)25-21(27)18-19(14-5-4-12-24-13-14)26(29-20(18)22(25)28)17-6-2-1-3-7-17/h1-13,18-20H/t18-,19+,20+/m1/s1. The Kier molecular flexibility index (Phi) is 4.10. The molecule has 0 N–H and O–H groups in total. The Balaban J connectivity index is 1.58. The summed E-state index contributed by atoms with van der Waals surface area (Å²) in [5.41, 5.74) is 1.84. The third kappa shape index (κ3) is 2.78. The molecule has 2 fully saturated rings. The highest BCUT2D eigenvalue weighted by molar-refractivity contribution is 6.23. The van der Waals surface area contributed by atoms with Crippen LogP contribution in [0.4, 0.5) is 15.8 Å². The summed E-state index contributed by atoms with van der Waals surface area (Å²) < 4.78 is 13.3. The predicted octanol–water partition coefficient (Wildman–Crippen LogP) is 3.27. The fraction of sp³-hybridized carbons (Fsp3) is 0.136. The third-order valence-corrected chi connectivity index (χ3v) is 5.24. The molecule has 2 amide bonds. The van der Waals surface area contributed by atoms with Crippen LogP contribution in [0.15, 0.2) is 79.1 Å². The monoisotopic (exact) mass is 389 g/mol. The molecule has 144 valence electrons. The van der Waals surface area contributed by atoms with Crippen LogP contribution in [-0.4, -0.2) is 22.9 Å². The number of imide groups is 1. The zero-order valence-electron chi connectivity index (χ0n) is 15.2. The number of carbonyl (C=O) groups excluding carboxylic acids is 2. The van der Waals surface area contributed by atoms with Gasteiger partial charge in [0, 0.05) is 12.4 Å². The van der Waals surface area contributed by atoms with Crippen LogP contribution in [0.2, 0.25) is 0 Å². The molecule has 0 bridgehead atoms. The maximum absolute atomic E-state index is 13.3. The molecule has 2 aliphatic rings. The topological polar surface area (TPSA) is 62.7 Å². The Bertz CT molecular complexity index is 1060. The smallest absolute Gasteiger partial charge is 0.266 e. The number of hydrogen-bond donors (Lipinski definition) is 0. The Labute approximate surface area is 166 Å². The lowest BCUT2D eigenvalue weighted by Crippen LogP contribution is -2.37. The first kappa shape index (κ1) is 17.5. The van der Waals surface area contributed by atoms with Crippen molar-refractivity contribution in [1.82, 2.24) is 4.98 Å². The van der Waals surface area contributed by atoms with E-state index in [-0.39, 0.29) is 5.91 Å². The number of aromatic nitrogens is 1. The first-order chi connectivity index (χ1) is 14.1. The van der Waals surface area contributed by atoms with Gasteiger partial charge in [-0.15, -0.1) is 0 Å². The number of para-hydroxylation sites is 1. The summed E-state index contributed by atoms with van der Waals surface area (Å²) in [5.74, 6) is -2.01. The van der Waals surface area contributed by atoms with Gasteiger partial charge in [0.25, 0.3) is 5.91 Å². The largest absolute Gasteiger partial charge is 0.273 e. The molecule has 7 heteroatoms. The van der Waals surface area contributed by atoms with Crippen molar-refractivity contribution < 1.29 is 18.8 Å². The van der Waals surface area contributed by atoms with Crippen molar-refractivity contribution >= 4 is 23.2 Å². The predicted molar refractivity (Wildman–Crippen MR) is 103 cm³/mol. The van der Waals surface area contributed by atoms with Crippen LogP contribution in [0.3, 0.4) is 0 Å². The summed E-state index contributed by atoms with van der Waals surface area (Å²) in [6, 6.07) is 17.7. The molecule has 6 nitrogen and oxygen atoms in total. The third-order valence-electron chi connectivity index (χ3n) is 5.24. The minimum atomic E-state index is -0.960. The first-order valence-electron chi connectivity index (χ1n) is 9.19. The van der Waals surface area contributed by atoms with Gasteiger partial charge in [0.05, 0.1) is 17.4 Å². The average molecular weight is 389 g/mol. The second-order valence-electron chi connectivity index (χ2n) is 6.93. The average Bonchev–Trinajstić information content (AvgIpc) is 3.27. The molecule has 0 aliphatic carbocycles. The lowest BCUT2D eigenvalue weighted by atomic mass is 9.91. The van der Waals surface area contributed by atoms with Gasteiger partial charge in [0.15, 0.2) is 6.10 Å². The highest BCUT2D eigenvalue weighted by Gasteiger charge is 2.60. The zero-order valence-corrected chi connectivity index (χ0v) is 15.2. The SMILES string of the molecule is O=C1[C@H]2[C@H](ON(c3ccccc3)[C@H]2c2cccnc2)C(=O)N1c1ccc(F)cc1. The maximum Gasteiger partial charge on any atom is 0.266 e. The summed E-state index contributed by atoms with van der Waals surface area (Å²) in [4.78, 5) is 37.7. The van der Waals surface area contributed by atoms with Crippen molar-refractivity contribution in [3.8, 4) is 0 Å². The number of anilines is 2. The van der Waals surface area contributed by atoms with Crippen molar-refractivity contribution in [2.45, 2.75) is 12.1 Å². The van der Waals surface area contributed by atoms with Crippen molar-refractivity contribution in [2.24, 2.45) is 5.92 Å². The number of carbonyl (C=O) groups is 2. The van der Waals surface area contributed by atoms with E-state index in [0.29, 0.717) is 5.69 Å². The van der Waals surface area contributed by atoms with Gasteiger partial charge in [-0.05, 0) is 48.0 Å². The number of fused-ring (bicyclic) bond motifs is 1. The van der Waals surface area contributed by atoms with E-state index in [0.717, 1.165) is 16.2 Å². The number of rotatable bonds is 3. The Hall–Kier alpha value is -3.58. The van der Waals surface area contributed by atoms with Crippen LogP contribution in [0.25, 0.3) is 0 Å². The normalized spacial score (nSPS) is 23.6. The quantitative estimate of drug-likeness (QED) is 0.644. The molecule has 3 heterocycles. The summed E-state index contributed by atoms with van der Waals surface area (Å²) in [5, 5.41) is 1.62. The van der Waals surface area contributed by atoms with Crippen molar-refractivity contribution in [1.29, 1.82) is 0 Å². The summed E-state index contributed by atoms with van der Waals surface area (Å²) >= 11 is 0. The lowest BCUT2D eigenvalue weighted by Gasteiger charge is -2.28. The van der Waals surface area contributed by atoms with Crippen molar-refractivity contribution in [2.75, 3.05) is 9.96 Å². The molecule has 29 heavy (non-hydrogen) atoms. The highest BCUT2D eigenvalue weighted by Crippen LogP contribution is 2.47. The fourth-order valence-electron chi connectivity index (χ4n) is 3.95. The zero-order chi connectivity index (χ0) is 20.0. The van der Waals surface area contributed by atoms with Gasteiger partial charge in [0.1, 0.15) is 11.7 Å². The maximum atomic E-state index is 13.3. The van der Waals surface area contributed by atoms with E-state index in [9.17, 15) is 14.0 Å². The molecule has 3 aromatic rings. The highest BCUT2D eigenvalue weighted by atomic mass is 19.1. The molecule has 2 aromatic carbocycles. The van der Waals surface area contributed by atoms with Crippen LogP contribution < -0.4 is 9.96 Å². The molecule has 1 aromatic heterocycles. The number of amides is 2. The molecule has 0 spiro atoms. The molecular formula is C22H16FN3O3. The Morgan fingerprint density at radius 1 is 0.862 bits per heavy atom. The number of hydroxylamine groups is 1. The first-order valence-corrected chi connectivity index (χ1v) is 9.19. The summed E-state index contributed by atoms with van der Waals surface area (Å²) in [6.45, 7) is 0. The van der Waals surface area contributed by atoms with Crippen LogP contribution in [0.5, 0.6) is 0 Å². The van der Waals surface area contributed by atoms with Crippen LogP contribution in [0, 0.1) is 11.7 Å². The molecule has 0 saturated carbocycles. The molecule has 0 radical (unpaired) electrons. The van der Waals surface area contributed by atoms with E-state index < -0.39 is 29.8 Å². The minimum Gasteiger partial charge on any atom is -0.273 e. The summed E-state index contributed by atoms with van der Waals surface area (Å²) in [7, 11) is 0. The summed E-state index contributed by atoms with van der Waals surface area (Å²) in [6.07, 6.45) is 2.36. The van der Waals surface area contributed by atoms with Gasteiger partial charge < -0.3 is 0 Å². The minimum absolute atomic E-state index is 0.329. The number of nitrogens with zero attached hydrogens (tertiary/aromatic N) is 3. The van der Waals surface area contributed by atoms with Crippen LogP contribution >= 0.6 is 0 Å². The van der Waals surface area contributed by atoms with Gasteiger partial charge >= 0.3 is 0 Å². The Morgan fingerprint density at radius 3 is 2.31 bits per heavy atom. The number of benzene rings is 2. The van der Waals surface area contributed by atoms with Gasteiger partial charge in [0.2, 0.25) is 5.91 Å². The second kappa shape index (κ2) is 6.79. The molecule has 2 aliphatic heterocycles. The van der Waals surface area contributed by atoms with Crippen LogP contribution in [0.1, 0.15) is 11.6 Å². The lowest BCUT2D eigenvalue weighted by molar-refractivity contribution is -0.126. The van der Waals surface area contributed by atoms with Crippen molar-refractivity contribution in [3.63, 3.8) is 0 Å². The fourth-order valence-corrected chi connectivity index (χ4v) is 3.95.